The molecule has 1 rings (SSSR count). The zero-order chi connectivity index (χ0) is 12.1. The average Bonchev–Trinajstić information content (AvgIpc) is 2.26. The number of amides is 1. The molecule has 4 nitrogen and oxygen atoms in total. The Morgan fingerprint density at radius 3 is 2.81 bits per heavy atom. The Hall–Kier alpha value is -0.810. The van der Waals surface area contributed by atoms with Crippen LogP contribution >= 0.6 is 23.2 Å². The van der Waals surface area contributed by atoms with Gasteiger partial charge in [0.25, 0.3) is 5.91 Å². The normalized spacial score (nSPS) is 12.2. The van der Waals surface area contributed by atoms with Gasteiger partial charge in [-0.15, -0.1) is 0 Å². The van der Waals surface area contributed by atoms with Crippen molar-refractivity contribution in [1.29, 1.82) is 0 Å². The third-order valence-electron chi connectivity index (χ3n) is 2.00. The van der Waals surface area contributed by atoms with E-state index in [1.807, 2.05) is 0 Å². The second-order valence-corrected chi connectivity index (χ2v) is 3.84. The summed E-state index contributed by atoms with van der Waals surface area (Å²) in [4.78, 5) is 11.6. The van der Waals surface area contributed by atoms with E-state index in [1.54, 1.807) is 18.2 Å². The number of nitrogens with two attached hydrogens (primary N) is 1. The van der Waals surface area contributed by atoms with E-state index in [0.717, 1.165) is 0 Å². The molecule has 0 saturated carbocycles. The number of benzene rings is 1. The maximum absolute atomic E-state index is 11.6. The number of rotatable bonds is 4. The number of nitrogens with one attached hydrogen (secondary N) is 1. The number of hydrogen-bond donors (Lipinski definition) is 2. The molecule has 6 heteroatoms. The molecule has 0 aliphatic rings. The molecule has 1 amide bonds. The lowest BCUT2D eigenvalue weighted by molar-refractivity contribution is -0.125. The van der Waals surface area contributed by atoms with E-state index < -0.39 is 6.10 Å². The van der Waals surface area contributed by atoms with E-state index >= 15 is 0 Å². The van der Waals surface area contributed by atoms with E-state index in [9.17, 15) is 4.79 Å². The number of ether oxygens (including phenoxy) is 1. The molecule has 0 saturated heterocycles. The standard InChI is InChI=1S/C10H12Cl2N2O2/c1-16-8(5-13)10(15)14-7-4-2-3-6(11)9(7)12/h2-4,8H,5,13H2,1H3,(H,14,15). The van der Waals surface area contributed by atoms with E-state index in [1.165, 1.54) is 7.11 Å². The molecule has 0 aromatic heterocycles. The smallest absolute Gasteiger partial charge is 0.254 e. The predicted octanol–water partition coefficient (Wildman–Crippen LogP) is 1.91. The van der Waals surface area contributed by atoms with Crippen molar-refractivity contribution in [1.82, 2.24) is 0 Å². The minimum absolute atomic E-state index is 0.0977. The molecule has 0 aliphatic carbocycles. The van der Waals surface area contributed by atoms with Gasteiger partial charge < -0.3 is 15.8 Å². The molecule has 0 aliphatic heterocycles. The summed E-state index contributed by atoms with van der Waals surface area (Å²) in [5.74, 6) is -0.353. The summed E-state index contributed by atoms with van der Waals surface area (Å²) < 4.78 is 4.89. The molecular formula is C10H12Cl2N2O2. The summed E-state index contributed by atoms with van der Waals surface area (Å²) in [5, 5.41) is 3.26. The van der Waals surface area contributed by atoms with Gasteiger partial charge in [0.05, 0.1) is 15.7 Å². The Labute approximate surface area is 104 Å². The zero-order valence-electron chi connectivity index (χ0n) is 8.67. The third-order valence-corrected chi connectivity index (χ3v) is 2.82. The van der Waals surface area contributed by atoms with Crippen LogP contribution in [0.5, 0.6) is 0 Å². The van der Waals surface area contributed by atoms with Gasteiger partial charge in [-0.1, -0.05) is 29.3 Å². The first-order valence-electron chi connectivity index (χ1n) is 4.58. The van der Waals surface area contributed by atoms with Crippen molar-refractivity contribution < 1.29 is 9.53 Å². The van der Waals surface area contributed by atoms with Crippen molar-refractivity contribution in [3.05, 3.63) is 28.2 Å². The van der Waals surface area contributed by atoms with Crippen LogP contribution in [0.4, 0.5) is 5.69 Å². The molecule has 1 aromatic rings. The SMILES string of the molecule is COC(CN)C(=O)Nc1cccc(Cl)c1Cl. The summed E-state index contributed by atoms with van der Waals surface area (Å²) in [6.07, 6.45) is -0.699. The molecule has 16 heavy (non-hydrogen) atoms. The largest absolute Gasteiger partial charge is 0.370 e. The number of carbonyl (C=O) groups excluding carboxylic acids is 1. The minimum Gasteiger partial charge on any atom is -0.370 e. The highest BCUT2D eigenvalue weighted by molar-refractivity contribution is 6.44. The lowest BCUT2D eigenvalue weighted by Gasteiger charge is -2.14. The van der Waals surface area contributed by atoms with Crippen molar-refractivity contribution in [2.45, 2.75) is 6.10 Å². The van der Waals surface area contributed by atoms with Crippen molar-refractivity contribution >= 4 is 34.8 Å². The van der Waals surface area contributed by atoms with E-state index in [2.05, 4.69) is 5.32 Å². The molecule has 1 unspecified atom stereocenters. The molecule has 1 atom stereocenters. The van der Waals surface area contributed by atoms with Crippen LogP contribution in [0, 0.1) is 0 Å². The summed E-state index contributed by atoms with van der Waals surface area (Å²) in [7, 11) is 1.41. The summed E-state index contributed by atoms with van der Waals surface area (Å²) in [6.45, 7) is 0.0977. The van der Waals surface area contributed by atoms with Crippen LogP contribution in [0.1, 0.15) is 0 Å². The predicted molar refractivity (Wildman–Crippen MR) is 64.9 cm³/mol. The lowest BCUT2D eigenvalue weighted by Crippen LogP contribution is -2.35. The number of methoxy groups -OCH3 is 1. The highest BCUT2D eigenvalue weighted by Gasteiger charge is 2.17. The van der Waals surface area contributed by atoms with Crippen molar-refractivity contribution in [3.8, 4) is 0 Å². The molecular weight excluding hydrogens is 251 g/mol. The zero-order valence-corrected chi connectivity index (χ0v) is 10.2. The summed E-state index contributed by atoms with van der Waals surface area (Å²) in [6, 6.07) is 4.97. The second kappa shape index (κ2) is 6.06. The topological polar surface area (TPSA) is 64.3 Å². The second-order valence-electron chi connectivity index (χ2n) is 3.05. The van der Waals surface area contributed by atoms with Crippen molar-refractivity contribution in [3.63, 3.8) is 0 Å². The fraction of sp³-hybridized carbons (Fsp3) is 0.300. The average molecular weight is 263 g/mol. The fourth-order valence-corrected chi connectivity index (χ4v) is 1.47. The van der Waals surface area contributed by atoms with Gasteiger partial charge in [-0.05, 0) is 12.1 Å². The Morgan fingerprint density at radius 2 is 2.25 bits per heavy atom. The first kappa shape index (κ1) is 13.3. The monoisotopic (exact) mass is 262 g/mol. The van der Waals surface area contributed by atoms with Gasteiger partial charge in [-0.3, -0.25) is 4.79 Å². The van der Waals surface area contributed by atoms with Gasteiger partial charge >= 0.3 is 0 Å². The van der Waals surface area contributed by atoms with Gasteiger partial charge in [0.1, 0.15) is 6.10 Å². The maximum atomic E-state index is 11.6. The number of anilines is 1. The van der Waals surface area contributed by atoms with E-state index in [4.69, 9.17) is 33.7 Å². The fourth-order valence-electron chi connectivity index (χ4n) is 1.12. The van der Waals surface area contributed by atoms with Gasteiger partial charge in [0.2, 0.25) is 0 Å². The van der Waals surface area contributed by atoms with Crippen LogP contribution in [-0.4, -0.2) is 25.7 Å². The maximum Gasteiger partial charge on any atom is 0.254 e. The molecule has 1 aromatic carbocycles. The summed E-state index contributed by atoms with van der Waals surface area (Å²) in [5.41, 5.74) is 5.80. The van der Waals surface area contributed by atoms with Crippen LogP contribution < -0.4 is 11.1 Å². The number of carbonyl (C=O) groups is 1. The van der Waals surface area contributed by atoms with E-state index in [0.29, 0.717) is 15.7 Å². The first-order chi connectivity index (χ1) is 7.60. The Balaban J connectivity index is 2.80. The van der Waals surface area contributed by atoms with E-state index in [-0.39, 0.29) is 12.5 Å². The van der Waals surface area contributed by atoms with Crippen LogP contribution in [0.25, 0.3) is 0 Å². The molecule has 0 heterocycles. The minimum atomic E-state index is -0.699. The lowest BCUT2D eigenvalue weighted by atomic mass is 10.3. The molecule has 0 bridgehead atoms. The van der Waals surface area contributed by atoms with Gasteiger partial charge in [-0.2, -0.15) is 0 Å². The molecule has 0 fully saturated rings. The third kappa shape index (κ3) is 3.09. The molecule has 0 spiro atoms. The molecule has 88 valence electrons. The van der Waals surface area contributed by atoms with Crippen molar-refractivity contribution in [2.75, 3.05) is 19.0 Å². The molecule has 0 radical (unpaired) electrons. The van der Waals surface area contributed by atoms with Crippen LogP contribution in [0.2, 0.25) is 10.0 Å². The number of hydrogen-bond acceptors (Lipinski definition) is 3. The quantitative estimate of drug-likeness (QED) is 0.872. The molecule has 3 N–H and O–H groups in total. The number of halogens is 2. The Bertz CT molecular complexity index is 381. The highest BCUT2D eigenvalue weighted by atomic mass is 35.5. The van der Waals surface area contributed by atoms with Crippen LogP contribution in [0.15, 0.2) is 18.2 Å². The highest BCUT2D eigenvalue weighted by Crippen LogP contribution is 2.29. The van der Waals surface area contributed by atoms with Gasteiger partial charge in [0, 0.05) is 13.7 Å². The Kier molecular flexibility index (Phi) is 5.02. The van der Waals surface area contributed by atoms with Gasteiger partial charge in [0.15, 0.2) is 0 Å². The van der Waals surface area contributed by atoms with Gasteiger partial charge in [-0.25, -0.2) is 0 Å². The van der Waals surface area contributed by atoms with Crippen LogP contribution in [-0.2, 0) is 9.53 Å². The Morgan fingerprint density at radius 1 is 1.56 bits per heavy atom. The summed E-state index contributed by atoms with van der Waals surface area (Å²) >= 11 is 11.7. The van der Waals surface area contributed by atoms with Crippen LogP contribution in [0.3, 0.4) is 0 Å². The van der Waals surface area contributed by atoms with Crippen molar-refractivity contribution in [2.24, 2.45) is 5.73 Å². The first-order valence-corrected chi connectivity index (χ1v) is 5.33.